The van der Waals surface area contributed by atoms with Gasteiger partial charge < -0.3 is 9.47 Å². The van der Waals surface area contributed by atoms with Crippen LogP contribution in [0.5, 0.6) is 0 Å². The quantitative estimate of drug-likeness (QED) is 0.746. The molecule has 0 saturated heterocycles. The van der Waals surface area contributed by atoms with Crippen molar-refractivity contribution in [1.82, 2.24) is 0 Å². The lowest BCUT2D eigenvalue weighted by Gasteiger charge is -2.10. The molecule has 0 N–H and O–H groups in total. The van der Waals surface area contributed by atoms with Crippen LogP contribution in [0.4, 0.5) is 0 Å². The Kier molecular flexibility index (Phi) is 3.73. The van der Waals surface area contributed by atoms with Gasteiger partial charge in [0.2, 0.25) is 6.29 Å². The second-order valence-corrected chi connectivity index (χ2v) is 3.80. The first kappa shape index (κ1) is 11.6. The zero-order valence-corrected chi connectivity index (χ0v) is 9.63. The third-order valence-corrected chi connectivity index (χ3v) is 2.39. The number of benzene rings is 1. The number of cyclic esters (lactones) is 1. The Morgan fingerprint density at radius 3 is 2.76 bits per heavy atom. The lowest BCUT2D eigenvalue weighted by atomic mass is 10.2. The number of esters is 1. The summed E-state index contributed by atoms with van der Waals surface area (Å²) in [7, 11) is 0. The molecule has 3 heteroatoms. The Bertz CT molecular complexity index is 446. The molecule has 0 aromatic heterocycles. The Hall–Kier alpha value is -1.87. The van der Waals surface area contributed by atoms with Gasteiger partial charge in [0.15, 0.2) is 0 Å². The Morgan fingerprint density at radius 2 is 2.12 bits per heavy atom. The van der Waals surface area contributed by atoms with Gasteiger partial charge in [0.1, 0.15) is 0 Å². The van der Waals surface area contributed by atoms with E-state index in [0.29, 0.717) is 6.61 Å². The molecule has 1 aliphatic heterocycles. The van der Waals surface area contributed by atoms with Gasteiger partial charge in [-0.05, 0) is 12.5 Å². The molecule has 0 amide bonds. The summed E-state index contributed by atoms with van der Waals surface area (Å²) in [6, 6.07) is 9.95. The minimum absolute atomic E-state index is 0.334. The van der Waals surface area contributed by atoms with Crippen molar-refractivity contribution in [1.29, 1.82) is 0 Å². The maximum absolute atomic E-state index is 10.9. The van der Waals surface area contributed by atoms with Crippen LogP contribution < -0.4 is 0 Å². The average Bonchev–Trinajstić information content (AvgIpc) is 2.65. The number of hydrogen-bond donors (Lipinski definition) is 0. The average molecular weight is 230 g/mol. The van der Waals surface area contributed by atoms with Crippen molar-refractivity contribution in [2.45, 2.75) is 13.2 Å². The maximum Gasteiger partial charge on any atom is 0.333 e. The van der Waals surface area contributed by atoms with Crippen molar-refractivity contribution >= 4 is 12.0 Å². The Labute approximate surface area is 100 Å². The molecular formula is C14H14O3. The zero-order valence-electron chi connectivity index (χ0n) is 9.63. The van der Waals surface area contributed by atoms with E-state index in [1.807, 2.05) is 49.4 Å². The van der Waals surface area contributed by atoms with Crippen LogP contribution in [0, 0.1) is 0 Å². The van der Waals surface area contributed by atoms with E-state index >= 15 is 0 Å². The molecule has 2 rings (SSSR count). The van der Waals surface area contributed by atoms with E-state index in [9.17, 15) is 4.79 Å². The molecule has 3 nitrogen and oxygen atoms in total. The van der Waals surface area contributed by atoms with Gasteiger partial charge in [-0.3, -0.25) is 0 Å². The van der Waals surface area contributed by atoms with E-state index in [-0.39, 0.29) is 5.97 Å². The van der Waals surface area contributed by atoms with Gasteiger partial charge in [0, 0.05) is 11.6 Å². The van der Waals surface area contributed by atoms with Gasteiger partial charge in [0.05, 0.1) is 6.61 Å². The van der Waals surface area contributed by atoms with E-state index in [2.05, 4.69) is 0 Å². The molecule has 0 bridgehead atoms. The minimum atomic E-state index is -0.525. The van der Waals surface area contributed by atoms with Crippen molar-refractivity contribution in [3.8, 4) is 0 Å². The topological polar surface area (TPSA) is 35.5 Å². The highest BCUT2D eigenvalue weighted by atomic mass is 16.7. The van der Waals surface area contributed by atoms with Crippen molar-refractivity contribution < 1.29 is 14.3 Å². The first-order chi connectivity index (χ1) is 8.25. The molecule has 88 valence electrons. The molecule has 1 aliphatic rings. The van der Waals surface area contributed by atoms with Crippen molar-refractivity contribution in [3.05, 3.63) is 53.6 Å². The fraction of sp³-hybridized carbons (Fsp3) is 0.214. The van der Waals surface area contributed by atoms with Crippen LogP contribution in [-0.2, 0) is 14.3 Å². The van der Waals surface area contributed by atoms with Gasteiger partial charge in [-0.15, -0.1) is 0 Å². The summed E-state index contributed by atoms with van der Waals surface area (Å²) in [5, 5.41) is 0. The van der Waals surface area contributed by atoms with Gasteiger partial charge in [-0.25, -0.2) is 4.79 Å². The third kappa shape index (κ3) is 3.29. The fourth-order valence-corrected chi connectivity index (χ4v) is 1.54. The number of carbonyl (C=O) groups is 1. The molecule has 0 saturated carbocycles. The van der Waals surface area contributed by atoms with Crippen LogP contribution in [-0.4, -0.2) is 18.9 Å². The van der Waals surface area contributed by atoms with Crippen molar-refractivity contribution in [2.75, 3.05) is 6.61 Å². The molecule has 17 heavy (non-hydrogen) atoms. The molecular weight excluding hydrogens is 216 g/mol. The SMILES string of the molecule is CC1=CC(=O)OC1OC/C=C/c1ccccc1. The highest BCUT2D eigenvalue weighted by Gasteiger charge is 2.22. The summed E-state index contributed by atoms with van der Waals surface area (Å²) in [5.74, 6) is -0.334. The van der Waals surface area contributed by atoms with E-state index < -0.39 is 6.29 Å². The molecule has 1 unspecified atom stereocenters. The number of ether oxygens (including phenoxy) is 2. The minimum Gasteiger partial charge on any atom is -0.428 e. The van der Waals surface area contributed by atoms with Gasteiger partial charge >= 0.3 is 5.97 Å². The summed E-state index contributed by atoms with van der Waals surface area (Å²) in [6.45, 7) is 2.23. The predicted octanol–water partition coefficient (Wildman–Crippen LogP) is 2.55. The second kappa shape index (κ2) is 5.46. The number of carbonyl (C=O) groups excluding carboxylic acids is 1. The lowest BCUT2D eigenvalue weighted by molar-refractivity contribution is -0.157. The summed E-state index contributed by atoms with van der Waals surface area (Å²) in [6.07, 6.45) is 4.79. The summed E-state index contributed by atoms with van der Waals surface area (Å²) in [4.78, 5) is 10.9. The van der Waals surface area contributed by atoms with Crippen molar-refractivity contribution in [2.24, 2.45) is 0 Å². The summed E-state index contributed by atoms with van der Waals surface area (Å²) >= 11 is 0. The normalized spacial score (nSPS) is 19.5. The van der Waals surface area contributed by atoms with Crippen LogP contribution in [0.15, 0.2) is 48.1 Å². The first-order valence-electron chi connectivity index (χ1n) is 5.48. The predicted molar refractivity (Wildman–Crippen MR) is 65.1 cm³/mol. The second-order valence-electron chi connectivity index (χ2n) is 3.80. The molecule has 1 aromatic rings. The molecule has 0 radical (unpaired) electrons. The molecule has 0 aliphatic carbocycles. The van der Waals surface area contributed by atoms with E-state index in [4.69, 9.17) is 9.47 Å². The standard InChI is InChI=1S/C14H14O3/c1-11-10-13(15)17-14(11)16-9-5-8-12-6-3-2-4-7-12/h2-8,10,14H,9H2,1H3/b8-5+. The first-order valence-corrected chi connectivity index (χ1v) is 5.48. The highest BCUT2D eigenvalue weighted by molar-refractivity contribution is 5.85. The zero-order chi connectivity index (χ0) is 12.1. The smallest absolute Gasteiger partial charge is 0.333 e. The van der Waals surface area contributed by atoms with Crippen LogP contribution in [0.3, 0.4) is 0 Å². The van der Waals surface area contributed by atoms with Gasteiger partial charge in [0.25, 0.3) is 0 Å². The largest absolute Gasteiger partial charge is 0.428 e. The summed E-state index contributed by atoms with van der Waals surface area (Å²) in [5.41, 5.74) is 1.93. The van der Waals surface area contributed by atoms with Crippen LogP contribution >= 0.6 is 0 Å². The van der Waals surface area contributed by atoms with Gasteiger partial charge in [-0.1, -0.05) is 42.5 Å². The van der Waals surface area contributed by atoms with E-state index in [1.165, 1.54) is 6.08 Å². The van der Waals surface area contributed by atoms with Crippen LogP contribution in [0.1, 0.15) is 12.5 Å². The van der Waals surface area contributed by atoms with E-state index in [0.717, 1.165) is 11.1 Å². The monoisotopic (exact) mass is 230 g/mol. The molecule has 1 atom stereocenters. The molecule has 1 aromatic carbocycles. The Balaban J connectivity index is 1.79. The lowest BCUT2D eigenvalue weighted by Crippen LogP contribution is -2.15. The van der Waals surface area contributed by atoms with Crippen LogP contribution in [0.2, 0.25) is 0 Å². The fourth-order valence-electron chi connectivity index (χ4n) is 1.54. The maximum atomic E-state index is 10.9. The van der Waals surface area contributed by atoms with Crippen molar-refractivity contribution in [3.63, 3.8) is 0 Å². The number of rotatable bonds is 4. The molecule has 1 heterocycles. The molecule has 0 fully saturated rings. The van der Waals surface area contributed by atoms with Crippen LogP contribution in [0.25, 0.3) is 6.08 Å². The molecule has 0 spiro atoms. The number of hydrogen-bond acceptors (Lipinski definition) is 3. The van der Waals surface area contributed by atoms with Gasteiger partial charge in [-0.2, -0.15) is 0 Å². The summed E-state index contributed by atoms with van der Waals surface area (Å²) < 4.78 is 10.3. The highest BCUT2D eigenvalue weighted by Crippen LogP contribution is 2.15. The Morgan fingerprint density at radius 1 is 1.35 bits per heavy atom. The third-order valence-electron chi connectivity index (χ3n) is 2.39. The van der Waals surface area contributed by atoms with E-state index in [1.54, 1.807) is 0 Å².